The summed E-state index contributed by atoms with van der Waals surface area (Å²) < 4.78 is 40.2. The molecule has 8 heteroatoms. The van der Waals surface area contributed by atoms with Crippen molar-refractivity contribution in [2.24, 2.45) is 0 Å². The molecule has 4 N–H and O–H groups in total. The highest BCUT2D eigenvalue weighted by molar-refractivity contribution is 5.59. The minimum Gasteiger partial charge on any atom is -0.436 e. The Morgan fingerprint density at radius 1 is 0.897 bits per heavy atom. The number of pyridine rings is 1. The SMILES string of the molecule is Cc1ccc(Oc2nc(Oc3cc(C#N)ccc3N)c(F)c(C)c2F)c(C)c1N. The molecule has 3 rings (SSSR count). The second kappa shape index (κ2) is 7.64. The van der Waals surface area contributed by atoms with E-state index in [0.29, 0.717) is 11.3 Å². The van der Waals surface area contributed by atoms with Gasteiger partial charge in [-0.3, -0.25) is 0 Å². The van der Waals surface area contributed by atoms with Gasteiger partial charge in [0.2, 0.25) is 0 Å². The molecule has 2 aromatic carbocycles. The monoisotopic (exact) mass is 396 g/mol. The fourth-order valence-electron chi connectivity index (χ4n) is 2.60. The molecule has 0 saturated heterocycles. The van der Waals surface area contributed by atoms with E-state index in [9.17, 15) is 8.78 Å². The van der Waals surface area contributed by atoms with Gasteiger partial charge in [-0.2, -0.15) is 10.2 Å². The smallest absolute Gasteiger partial charge is 0.259 e. The molecule has 0 radical (unpaired) electrons. The summed E-state index contributed by atoms with van der Waals surface area (Å²) >= 11 is 0. The van der Waals surface area contributed by atoms with Crippen molar-refractivity contribution in [2.45, 2.75) is 20.8 Å². The van der Waals surface area contributed by atoms with Gasteiger partial charge < -0.3 is 20.9 Å². The topological polar surface area (TPSA) is 107 Å². The maximum absolute atomic E-state index is 14.6. The zero-order valence-electron chi connectivity index (χ0n) is 16.0. The Morgan fingerprint density at radius 3 is 2.14 bits per heavy atom. The predicted octanol–water partition coefficient (Wildman–Crippen LogP) is 4.91. The number of benzene rings is 2. The van der Waals surface area contributed by atoms with Crippen LogP contribution in [0.5, 0.6) is 23.3 Å². The first-order valence-corrected chi connectivity index (χ1v) is 8.59. The Morgan fingerprint density at radius 2 is 1.52 bits per heavy atom. The molecule has 0 saturated carbocycles. The minimum atomic E-state index is -1.00. The van der Waals surface area contributed by atoms with E-state index in [2.05, 4.69) is 4.98 Å². The number of hydrogen-bond donors (Lipinski definition) is 2. The predicted molar refractivity (Wildman–Crippen MR) is 105 cm³/mol. The van der Waals surface area contributed by atoms with E-state index < -0.39 is 23.4 Å². The van der Waals surface area contributed by atoms with Gasteiger partial charge in [0.1, 0.15) is 5.75 Å². The van der Waals surface area contributed by atoms with E-state index in [0.717, 1.165) is 5.56 Å². The van der Waals surface area contributed by atoms with Gasteiger partial charge in [-0.1, -0.05) is 6.07 Å². The van der Waals surface area contributed by atoms with Crippen molar-refractivity contribution in [3.05, 3.63) is 64.2 Å². The van der Waals surface area contributed by atoms with Gasteiger partial charge in [0, 0.05) is 22.9 Å². The summed E-state index contributed by atoms with van der Waals surface area (Å²) in [6.45, 7) is 4.79. The molecule has 1 heterocycles. The van der Waals surface area contributed by atoms with Crippen LogP contribution in [0.3, 0.4) is 0 Å². The number of rotatable bonds is 4. The van der Waals surface area contributed by atoms with Crippen LogP contribution in [0.15, 0.2) is 30.3 Å². The van der Waals surface area contributed by atoms with Crippen molar-refractivity contribution in [3.8, 4) is 29.3 Å². The van der Waals surface area contributed by atoms with Crippen LogP contribution >= 0.6 is 0 Å². The summed E-state index contributed by atoms with van der Waals surface area (Å²) in [4.78, 5) is 3.84. The van der Waals surface area contributed by atoms with Crippen LogP contribution in [0, 0.1) is 43.7 Å². The fourth-order valence-corrected chi connectivity index (χ4v) is 2.60. The van der Waals surface area contributed by atoms with Crippen LogP contribution in [0.4, 0.5) is 20.2 Å². The first-order chi connectivity index (χ1) is 13.7. The Labute approximate surface area is 166 Å². The number of aryl methyl sites for hydroxylation is 1. The first kappa shape index (κ1) is 19.9. The molecule has 0 aliphatic rings. The molecule has 0 atom stereocenters. The summed E-state index contributed by atoms with van der Waals surface area (Å²) in [6.07, 6.45) is 0. The van der Waals surface area contributed by atoms with E-state index in [-0.39, 0.29) is 28.3 Å². The van der Waals surface area contributed by atoms with Gasteiger partial charge in [0.25, 0.3) is 11.8 Å². The Balaban J connectivity index is 2.04. The Kier molecular flexibility index (Phi) is 5.24. The second-order valence-electron chi connectivity index (χ2n) is 6.46. The lowest BCUT2D eigenvalue weighted by molar-refractivity contribution is 0.372. The van der Waals surface area contributed by atoms with Gasteiger partial charge in [0.15, 0.2) is 17.4 Å². The number of ether oxygens (including phenoxy) is 2. The maximum Gasteiger partial charge on any atom is 0.259 e. The zero-order valence-corrected chi connectivity index (χ0v) is 16.0. The van der Waals surface area contributed by atoms with Crippen molar-refractivity contribution < 1.29 is 18.3 Å². The molecule has 0 bridgehead atoms. The minimum absolute atomic E-state index is 0.0168. The van der Waals surface area contributed by atoms with Crippen LogP contribution in [-0.4, -0.2) is 4.98 Å². The molecule has 0 amide bonds. The summed E-state index contributed by atoms with van der Waals surface area (Å²) in [5.41, 5.74) is 13.8. The normalized spacial score (nSPS) is 10.5. The zero-order chi connectivity index (χ0) is 21.3. The number of aromatic nitrogens is 1. The maximum atomic E-state index is 14.6. The van der Waals surface area contributed by atoms with Crippen molar-refractivity contribution >= 4 is 11.4 Å². The van der Waals surface area contributed by atoms with E-state index in [1.807, 2.05) is 13.0 Å². The lowest BCUT2D eigenvalue weighted by atomic mass is 10.1. The number of nitriles is 1. The number of nitrogens with two attached hydrogens (primary N) is 2. The lowest BCUT2D eigenvalue weighted by Crippen LogP contribution is -2.04. The average Bonchev–Trinajstić information content (AvgIpc) is 2.71. The van der Waals surface area contributed by atoms with Crippen LogP contribution in [0.25, 0.3) is 0 Å². The number of nitrogen functional groups attached to an aromatic ring is 2. The number of nitrogens with zero attached hydrogens (tertiary/aromatic N) is 2. The molecule has 6 nitrogen and oxygen atoms in total. The highest BCUT2D eigenvalue weighted by Gasteiger charge is 2.22. The van der Waals surface area contributed by atoms with Crippen LogP contribution < -0.4 is 20.9 Å². The third-order valence-electron chi connectivity index (χ3n) is 4.48. The quantitative estimate of drug-likeness (QED) is 0.607. The highest BCUT2D eigenvalue weighted by Crippen LogP contribution is 2.36. The van der Waals surface area contributed by atoms with E-state index in [1.54, 1.807) is 19.1 Å². The molecule has 0 aliphatic heterocycles. The van der Waals surface area contributed by atoms with Crippen LogP contribution in [0.2, 0.25) is 0 Å². The molecule has 3 aromatic rings. The standard InChI is InChI=1S/C21H18F2N4O2/c1-10-4-7-15(11(2)19(10)26)28-20-17(22)12(3)18(23)21(27-20)29-16-8-13(9-24)5-6-14(16)25/h4-8H,25-26H2,1-3H3. The van der Waals surface area contributed by atoms with E-state index in [4.69, 9.17) is 26.2 Å². The lowest BCUT2D eigenvalue weighted by Gasteiger charge is -2.15. The van der Waals surface area contributed by atoms with E-state index in [1.165, 1.54) is 25.1 Å². The molecule has 148 valence electrons. The van der Waals surface area contributed by atoms with Crippen LogP contribution in [-0.2, 0) is 0 Å². The van der Waals surface area contributed by atoms with Crippen molar-refractivity contribution in [1.82, 2.24) is 4.98 Å². The second-order valence-corrected chi connectivity index (χ2v) is 6.46. The van der Waals surface area contributed by atoms with Crippen molar-refractivity contribution in [2.75, 3.05) is 11.5 Å². The van der Waals surface area contributed by atoms with Crippen molar-refractivity contribution in [1.29, 1.82) is 5.26 Å². The molecular formula is C21H18F2N4O2. The fraction of sp³-hybridized carbons (Fsp3) is 0.143. The molecule has 0 aliphatic carbocycles. The summed E-state index contributed by atoms with van der Waals surface area (Å²) in [6, 6.07) is 9.53. The van der Waals surface area contributed by atoms with Gasteiger partial charge in [-0.15, -0.1) is 0 Å². The highest BCUT2D eigenvalue weighted by atomic mass is 19.1. The van der Waals surface area contributed by atoms with Gasteiger partial charge in [0.05, 0.1) is 17.3 Å². The van der Waals surface area contributed by atoms with Gasteiger partial charge in [-0.25, -0.2) is 8.78 Å². The summed E-state index contributed by atoms with van der Waals surface area (Å²) in [5.74, 6) is -2.67. The average molecular weight is 396 g/mol. The Bertz CT molecular complexity index is 1160. The van der Waals surface area contributed by atoms with Crippen molar-refractivity contribution in [3.63, 3.8) is 0 Å². The summed E-state index contributed by atoms with van der Waals surface area (Å²) in [5, 5.41) is 9.01. The van der Waals surface area contributed by atoms with E-state index >= 15 is 0 Å². The largest absolute Gasteiger partial charge is 0.436 e. The van der Waals surface area contributed by atoms with Gasteiger partial charge >= 0.3 is 0 Å². The number of anilines is 2. The third-order valence-corrected chi connectivity index (χ3v) is 4.48. The first-order valence-electron chi connectivity index (χ1n) is 8.59. The molecule has 1 aromatic heterocycles. The molecule has 29 heavy (non-hydrogen) atoms. The number of hydrogen-bond acceptors (Lipinski definition) is 6. The van der Waals surface area contributed by atoms with Gasteiger partial charge in [-0.05, 0) is 44.5 Å². The summed E-state index contributed by atoms with van der Waals surface area (Å²) in [7, 11) is 0. The number of halogens is 2. The molecular weight excluding hydrogens is 378 g/mol. The Hall–Kier alpha value is -3.86. The van der Waals surface area contributed by atoms with Crippen LogP contribution in [0.1, 0.15) is 22.3 Å². The molecule has 0 fully saturated rings. The third kappa shape index (κ3) is 3.75. The molecule has 0 unspecified atom stereocenters. The molecule has 0 spiro atoms.